The van der Waals surface area contributed by atoms with Crippen LogP contribution in [0.5, 0.6) is 0 Å². The number of likely N-dealkylation sites (tertiary alicyclic amines) is 1. The standard InChI is InChI=1S/C14H17N3O2S/c1-2-5-17-6-3-14(4-7-17)10(8-15)12(18)19-13(20)11(14)9-16/h10,16H,2-7H2,1H3/t10-/m1/s1. The third-order valence-corrected chi connectivity index (χ3v) is 4.51. The summed E-state index contributed by atoms with van der Waals surface area (Å²) in [5, 5.41) is 16.8. The van der Waals surface area contributed by atoms with E-state index in [9.17, 15) is 10.1 Å². The molecule has 106 valence electrons. The first-order chi connectivity index (χ1) is 9.58. The maximum Gasteiger partial charge on any atom is 0.330 e. The Hall–Kier alpha value is -1.54. The zero-order valence-electron chi connectivity index (χ0n) is 11.4. The Balaban J connectivity index is 2.34. The smallest absolute Gasteiger partial charge is 0.330 e. The molecule has 0 bridgehead atoms. The summed E-state index contributed by atoms with van der Waals surface area (Å²) in [5.41, 5.74) is -0.275. The highest BCUT2D eigenvalue weighted by Crippen LogP contribution is 2.48. The second kappa shape index (κ2) is 5.84. The van der Waals surface area contributed by atoms with Gasteiger partial charge < -0.3 is 9.64 Å². The highest BCUT2D eigenvalue weighted by Gasteiger charge is 2.54. The van der Waals surface area contributed by atoms with Gasteiger partial charge in [-0.3, -0.25) is 10.2 Å². The largest absolute Gasteiger partial charge is 0.413 e. The molecule has 1 N–H and O–H groups in total. The van der Waals surface area contributed by atoms with Gasteiger partial charge in [0, 0.05) is 5.41 Å². The van der Waals surface area contributed by atoms with E-state index in [2.05, 4.69) is 17.7 Å². The normalized spacial score (nSPS) is 26.0. The maximum atomic E-state index is 11.9. The number of ether oxygens (including phenoxy) is 1. The molecule has 0 aromatic carbocycles. The summed E-state index contributed by atoms with van der Waals surface area (Å²) < 4.78 is 4.93. The predicted octanol–water partition coefficient (Wildman–Crippen LogP) is 1.68. The number of carbonyl (C=O) groups is 1. The third kappa shape index (κ3) is 2.29. The molecule has 2 aliphatic heterocycles. The number of hydrogen-bond acceptors (Lipinski definition) is 6. The van der Waals surface area contributed by atoms with E-state index in [1.54, 1.807) is 0 Å². The van der Waals surface area contributed by atoms with Gasteiger partial charge in [0.25, 0.3) is 0 Å². The van der Waals surface area contributed by atoms with Crippen LogP contribution in [0, 0.1) is 28.1 Å². The molecule has 1 spiro atoms. The van der Waals surface area contributed by atoms with Gasteiger partial charge in [-0.2, -0.15) is 5.26 Å². The van der Waals surface area contributed by atoms with E-state index < -0.39 is 17.3 Å². The fourth-order valence-electron chi connectivity index (χ4n) is 3.16. The number of rotatable bonds is 2. The summed E-state index contributed by atoms with van der Waals surface area (Å²) in [7, 11) is 0. The van der Waals surface area contributed by atoms with E-state index >= 15 is 0 Å². The second-order valence-electron chi connectivity index (χ2n) is 5.27. The molecule has 2 rings (SSSR count). The molecule has 1 atom stereocenters. The molecule has 2 heterocycles. The molecule has 0 unspecified atom stereocenters. The van der Waals surface area contributed by atoms with Crippen molar-refractivity contribution in [1.29, 1.82) is 10.7 Å². The van der Waals surface area contributed by atoms with Crippen molar-refractivity contribution in [2.45, 2.75) is 26.2 Å². The minimum absolute atomic E-state index is 0.0143. The summed E-state index contributed by atoms with van der Waals surface area (Å²) >= 11 is 5.05. The van der Waals surface area contributed by atoms with E-state index in [0.717, 1.165) is 26.1 Å². The van der Waals surface area contributed by atoms with Gasteiger partial charge in [0.2, 0.25) is 5.05 Å². The van der Waals surface area contributed by atoms with E-state index in [4.69, 9.17) is 22.4 Å². The van der Waals surface area contributed by atoms with Gasteiger partial charge >= 0.3 is 5.97 Å². The minimum Gasteiger partial charge on any atom is -0.413 e. The summed E-state index contributed by atoms with van der Waals surface area (Å²) in [5.74, 6) is 0.858. The topological polar surface area (TPSA) is 77.2 Å². The SMILES string of the molecule is CCCN1CCC2(CC1)C(=C=N)C(=S)OC(=O)[C@H]2C#N. The van der Waals surface area contributed by atoms with E-state index in [0.29, 0.717) is 18.4 Å². The van der Waals surface area contributed by atoms with Crippen molar-refractivity contribution >= 4 is 29.1 Å². The number of thiocarbonyl (C=S) groups is 1. The summed E-state index contributed by atoms with van der Waals surface area (Å²) in [6.45, 7) is 4.73. The number of nitrogens with zero attached hydrogens (tertiary/aromatic N) is 2. The van der Waals surface area contributed by atoms with Crippen molar-refractivity contribution in [3.63, 3.8) is 0 Å². The molecule has 0 aliphatic carbocycles. The van der Waals surface area contributed by atoms with Crippen LogP contribution in [-0.2, 0) is 9.53 Å². The average Bonchev–Trinajstić information content (AvgIpc) is 2.42. The van der Waals surface area contributed by atoms with Gasteiger partial charge in [0.15, 0.2) is 5.92 Å². The molecule has 0 amide bonds. The number of esters is 1. The molecule has 0 radical (unpaired) electrons. The van der Waals surface area contributed by atoms with Crippen LogP contribution in [0.2, 0.25) is 0 Å². The molecular weight excluding hydrogens is 274 g/mol. The van der Waals surface area contributed by atoms with Crippen LogP contribution in [0.3, 0.4) is 0 Å². The number of nitriles is 1. The van der Waals surface area contributed by atoms with Crippen molar-refractivity contribution in [2.75, 3.05) is 19.6 Å². The molecule has 20 heavy (non-hydrogen) atoms. The van der Waals surface area contributed by atoms with Gasteiger partial charge in [-0.1, -0.05) is 6.92 Å². The van der Waals surface area contributed by atoms with E-state index in [1.165, 1.54) is 0 Å². The van der Waals surface area contributed by atoms with Gasteiger partial charge in [-0.05, 0) is 57.0 Å². The second-order valence-corrected chi connectivity index (χ2v) is 5.64. The number of carbonyl (C=O) groups excluding carboxylic acids is 1. The van der Waals surface area contributed by atoms with Crippen LogP contribution in [0.1, 0.15) is 26.2 Å². The predicted molar refractivity (Wildman–Crippen MR) is 77.4 cm³/mol. The van der Waals surface area contributed by atoms with Crippen LogP contribution in [0.15, 0.2) is 5.57 Å². The molecule has 2 fully saturated rings. The van der Waals surface area contributed by atoms with Crippen LogP contribution in [0.4, 0.5) is 0 Å². The van der Waals surface area contributed by atoms with Crippen molar-refractivity contribution in [2.24, 2.45) is 11.3 Å². The van der Waals surface area contributed by atoms with E-state index in [-0.39, 0.29) is 5.05 Å². The molecule has 2 aliphatic rings. The monoisotopic (exact) mass is 291 g/mol. The Morgan fingerprint density at radius 2 is 2.20 bits per heavy atom. The van der Waals surface area contributed by atoms with Gasteiger partial charge in [-0.25, -0.2) is 0 Å². The molecule has 0 saturated carbocycles. The molecule has 6 heteroatoms. The lowest BCUT2D eigenvalue weighted by atomic mass is 9.63. The van der Waals surface area contributed by atoms with Crippen LogP contribution in [0.25, 0.3) is 0 Å². The Kier molecular flexibility index (Phi) is 4.34. The fraction of sp³-hybridized carbons (Fsp3) is 0.643. The maximum absolute atomic E-state index is 11.9. The van der Waals surface area contributed by atoms with Crippen molar-refractivity contribution < 1.29 is 9.53 Å². The molecule has 2 saturated heterocycles. The molecule has 5 nitrogen and oxygen atoms in total. The zero-order valence-corrected chi connectivity index (χ0v) is 12.3. The van der Waals surface area contributed by atoms with Crippen molar-refractivity contribution in [1.82, 2.24) is 4.90 Å². The molecule has 0 aromatic rings. The fourth-order valence-corrected chi connectivity index (χ4v) is 3.49. The highest BCUT2D eigenvalue weighted by atomic mass is 32.1. The summed E-state index contributed by atoms with van der Waals surface area (Å²) in [6, 6.07) is 2.05. The quantitative estimate of drug-likeness (QED) is 0.362. The zero-order chi connectivity index (χ0) is 14.8. The molecular formula is C14H17N3O2S. The third-order valence-electron chi connectivity index (χ3n) is 4.23. The first kappa shape index (κ1) is 14.9. The Morgan fingerprint density at radius 1 is 1.55 bits per heavy atom. The van der Waals surface area contributed by atoms with Crippen LogP contribution < -0.4 is 0 Å². The van der Waals surface area contributed by atoms with Crippen LogP contribution in [-0.4, -0.2) is 41.4 Å². The lowest BCUT2D eigenvalue weighted by Gasteiger charge is -2.45. The number of piperidine rings is 1. The van der Waals surface area contributed by atoms with Crippen molar-refractivity contribution in [3.05, 3.63) is 5.57 Å². The van der Waals surface area contributed by atoms with Gasteiger partial charge in [0.05, 0.1) is 11.6 Å². The minimum atomic E-state index is -0.883. The van der Waals surface area contributed by atoms with Crippen LogP contribution >= 0.6 is 12.2 Å². The lowest BCUT2D eigenvalue weighted by Crippen LogP contribution is -2.52. The average molecular weight is 291 g/mol. The number of cyclic esters (lactones) is 1. The number of nitrogens with one attached hydrogen (secondary N) is 1. The summed E-state index contributed by atoms with van der Waals surface area (Å²) in [4.78, 5) is 14.2. The first-order valence-electron chi connectivity index (χ1n) is 6.77. The Morgan fingerprint density at radius 3 is 2.70 bits per heavy atom. The van der Waals surface area contributed by atoms with Gasteiger partial charge in [0.1, 0.15) is 0 Å². The Bertz CT molecular complexity index is 523. The Labute approximate surface area is 123 Å². The van der Waals surface area contributed by atoms with Crippen molar-refractivity contribution in [3.8, 4) is 6.07 Å². The van der Waals surface area contributed by atoms with E-state index in [1.807, 2.05) is 6.07 Å². The number of hydrogen-bond donors (Lipinski definition) is 1. The lowest BCUT2D eigenvalue weighted by molar-refractivity contribution is -0.144. The van der Waals surface area contributed by atoms with Gasteiger partial charge in [-0.15, -0.1) is 0 Å². The molecule has 0 aromatic heterocycles. The highest BCUT2D eigenvalue weighted by molar-refractivity contribution is 7.80. The summed E-state index contributed by atoms with van der Waals surface area (Å²) in [6.07, 6.45) is 2.35. The first-order valence-corrected chi connectivity index (χ1v) is 7.18.